The van der Waals surface area contributed by atoms with Crippen LogP contribution in [0, 0.1) is 6.92 Å². The Labute approximate surface area is 99.4 Å². The molecule has 1 rings (SSSR count). The Morgan fingerprint density at radius 2 is 2.19 bits per heavy atom. The van der Waals surface area contributed by atoms with Gasteiger partial charge in [-0.05, 0) is 13.8 Å². The Bertz CT molecular complexity index is 408. The third-order valence-electron chi connectivity index (χ3n) is 2.23. The van der Waals surface area contributed by atoms with Crippen LogP contribution in [-0.2, 0) is 11.2 Å². The fourth-order valence-electron chi connectivity index (χ4n) is 1.11. The zero-order chi connectivity index (χ0) is 12.3. The number of hydrogen-bond donors (Lipinski definition) is 2. The molecule has 16 heavy (non-hydrogen) atoms. The van der Waals surface area contributed by atoms with Gasteiger partial charge in [-0.25, -0.2) is 9.97 Å². The molecule has 0 bridgehead atoms. The smallest absolute Gasteiger partial charge is 0.239 e. The highest BCUT2D eigenvalue weighted by atomic mass is 35.5. The van der Waals surface area contributed by atoms with Gasteiger partial charge < -0.3 is 11.1 Å². The summed E-state index contributed by atoms with van der Waals surface area (Å²) in [5.74, 6) is 0.755. The minimum Gasteiger partial charge on any atom is -0.368 e. The zero-order valence-electron chi connectivity index (χ0n) is 9.54. The molecular formula is C10H15ClN4O. The predicted octanol–water partition coefficient (Wildman–Crippen LogP) is 1.29. The van der Waals surface area contributed by atoms with Crippen LogP contribution >= 0.6 is 11.6 Å². The Hall–Kier alpha value is -1.36. The van der Waals surface area contributed by atoms with E-state index in [9.17, 15) is 4.79 Å². The number of nitrogens with zero attached hydrogens (tertiary/aromatic N) is 2. The van der Waals surface area contributed by atoms with E-state index in [1.54, 1.807) is 13.8 Å². The van der Waals surface area contributed by atoms with Crippen LogP contribution in [0.2, 0.25) is 5.15 Å². The van der Waals surface area contributed by atoms with E-state index in [0.29, 0.717) is 28.8 Å². The lowest BCUT2D eigenvalue weighted by Crippen LogP contribution is -2.33. The molecule has 3 N–H and O–H groups in total. The molecule has 0 aliphatic rings. The van der Waals surface area contributed by atoms with Crippen molar-refractivity contribution in [3.05, 3.63) is 16.5 Å². The second-order valence-electron chi connectivity index (χ2n) is 3.53. The molecule has 0 radical (unpaired) electrons. The lowest BCUT2D eigenvalue weighted by atomic mass is 10.2. The Balaban J connectivity index is 3.03. The summed E-state index contributed by atoms with van der Waals surface area (Å²) in [5.41, 5.74) is 5.88. The number of rotatable bonds is 4. The van der Waals surface area contributed by atoms with Gasteiger partial charge in [-0.1, -0.05) is 18.5 Å². The van der Waals surface area contributed by atoms with Crippen molar-refractivity contribution in [1.29, 1.82) is 0 Å². The van der Waals surface area contributed by atoms with E-state index >= 15 is 0 Å². The molecule has 0 aliphatic carbocycles. The first-order valence-electron chi connectivity index (χ1n) is 5.04. The van der Waals surface area contributed by atoms with E-state index in [1.807, 2.05) is 6.92 Å². The number of hydrogen-bond acceptors (Lipinski definition) is 4. The van der Waals surface area contributed by atoms with E-state index in [1.165, 1.54) is 0 Å². The number of nitrogens with two attached hydrogens (primary N) is 1. The Kier molecular flexibility index (Phi) is 4.06. The van der Waals surface area contributed by atoms with Gasteiger partial charge >= 0.3 is 0 Å². The van der Waals surface area contributed by atoms with Crippen LogP contribution in [0.4, 0.5) is 5.82 Å². The van der Waals surface area contributed by atoms with Gasteiger partial charge in [-0.3, -0.25) is 4.79 Å². The summed E-state index contributed by atoms with van der Waals surface area (Å²) in [6, 6.07) is -0.491. The Morgan fingerprint density at radius 1 is 1.56 bits per heavy atom. The Morgan fingerprint density at radius 3 is 2.69 bits per heavy atom. The molecule has 1 aromatic rings. The van der Waals surface area contributed by atoms with E-state index in [2.05, 4.69) is 15.3 Å². The van der Waals surface area contributed by atoms with Gasteiger partial charge in [0.05, 0.1) is 0 Å². The van der Waals surface area contributed by atoms with Gasteiger partial charge in [0.25, 0.3) is 0 Å². The molecule has 88 valence electrons. The number of primary amides is 1. The second kappa shape index (κ2) is 5.12. The minimum atomic E-state index is -0.491. The van der Waals surface area contributed by atoms with Crippen molar-refractivity contribution >= 4 is 23.3 Å². The molecule has 0 spiro atoms. The maximum atomic E-state index is 10.9. The highest BCUT2D eigenvalue weighted by Gasteiger charge is 2.13. The fraction of sp³-hybridized carbons (Fsp3) is 0.500. The first-order chi connectivity index (χ1) is 7.45. The van der Waals surface area contributed by atoms with Crippen LogP contribution in [0.5, 0.6) is 0 Å². The van der Waals surface area contributed by atoms with Crippen molar-refractivity contribution in [2.24, 2.45) is 5.73 Å². The quantitative estimate of drug-likeness (QED) is 0.780. The third kappa shape index (κ3) is 2.82. The van der Waals surface area contributed by atoms with Gasteiger partial charge in [0.2, 0.25) is 5.91 Å². The van der Waals surface area contributed by atoms with Crippen molar-refractivity contribution in [3.63, 3.8) is 0 Å². The second-order valence-corrected chi connectivity index (χ2v) is 3.88. The number of carbonyl (C=O) groups is 1. The first kappa shape index (κ1) is 12.7. The fourth-order valence-corrected chi connectivity index (χ4v) is 1.29. The largest absolute Gasteiger partial charge is 0.368 e. The molecule has 1 heterocycles. The van der Waals surface area contributed by atoms with Crippen molar-refractivity contribution in [1.82, 2.24) is 9.97 Å². The summed E-state index contributed by atoms with van der Waals surface area (Å²) < 4.78 is 0. The molecule has 1 atom stereocenters. The highest BCUT2D eigenvalue weighted by molar-refractivity contribution is 6.30. The molecule has 1 aromatic heterocycles. The van der Waals surface area contributed by atoms with Crippen molar-refractivity contribution in [2.45, 2.75) is 33.2 Å². The number of aryl methyl sites for hydroxylation is 1. The molecule has 0 fully saturated rings. The summed E-state index contributed by atoms with van der Waals surface area (Å²) in [4.78, 5) is 19.3. The highest BCUT2D eigenvalue weighted by Crippen LogP contribution is 2.20. The number of carbonyl (C=O) groups excluding carboxylic acids is 1. The standard InChI is InChI=1S/C10H15ClN4O/c1-4-7-14-8(11)5(2)10(15-7)13-6(3)9(12)16/h6H,4H2,1-3H3,(H2,12,16)(H,13,14,15). The minimum absolute atomic E-state index is 0.394. The van der Waals surface area contributed by atoms with E-state index in [0.717, 1.165) is 0 Å². The predicted molar refractivity (Wildman–Crippen MR) is 63.4 cm³/mol. The zero-order valence-corrected chi connectivity index (χ0v) is 10.3. The lowest BCUT2D eigenvalue weighted by molar-refractivity contribution is -0.118. The van der Waals surface area contributed by atoms with Crippen molar-refractivity contribution < 1.29 is 4.79 Å². The van der Waals surface area contributed by atoms with Crippen LogP contribution in [0.3, 0.4) is 0 Å². The van der Waals surface area contributed by atoms with Crippen LogP contribution in [0.15, 0.2) is 0 Å². The molecule has 5 nitrogen and oxygen atoms in total. The molecule has 0 saturated carbocycles. The summed E-state index contributed by atoms with van der Waals surface area (Å²) in [5, 5.41) is 3.31. The van der Waals surface area contributed by atoms with Crippen LogP contribution in [0.1, 0.15) is 25.2 Å². The average molecular weight is 243 g/mol. The molecule has 1 amide bonds. The molecule has 0 saturated heterocycles. The van der Waals surface area contributed by atoms with Crippen molar-refractivity contribution in [2.75, 3.05) is 5.32 Å². The van der Waals surface area contributed by atoms with Crippen LogP contribution in [-0.4, -0.2) is 21.9 Å². The lowest BCUT2D eigenvalue weighted by Gasteiger charge is -2.14. The molecule has 0 aromatic carbocycles. The SMILES string of the molecule is CCc1nc(Cl)c(C)c(NC(C)C(N)=O)n1. The number of amides is 1. The number of aromatic nitrogens is 2. The summed E-state index contributed by atoms with van der Waals surface area (Å²) in [6.45, 7) is 5.39. The number of anilines is 1. The summed E-state index contributed by atoms with van der Waals surface area (Å²) in [7, 11) is 0. The summed E-state index contributed by atoms with van der Waals surface area (Å²) in [6.07, 6.45) is 0.680. The third-order valence-corrected chi connectivity index (χ3v) is 2.60. The molecule has 0 aliphatic heterocycles. The molecule has 1 unspecified atom stereocenters. The van der Waals surface area contributed by atoms with Crippen LogP contribution in [0.25, 0.3) is 0 Å². The number of halogens is 1. The average Bonchev–Trinajstić information content (AvgIpc) is 2.24. The maximum absolute atomic E-state index is 10.9. The van der Waals surface area contributed by atoms with E-state index in [-0.39, 0.29) is 0 Å². The van der Waals surface area contributed by atoms with Gasteiger partial charge in [-0.2, -0.15) is 0 Å². The maximum Gasteiger partial charge on any atom is 0.239 e. The van der Waals surface area contributed by atoms with Gasteiger partial charge in [0, 0.05) is 12.0 Å². The van der Waals surface area contributed by atoms with Gasteiger partial charge in [0.15, 0.2) is 0 Å². The molecule has 6 heteroatoms. The van der Waals surface area contributed by atoms with Gasteiger partial charge in [-0.15, -0.1) is 0 Å². The van der Waals surface area contributed by atoms with Crippen LogP contribution < -0.4 is 11.1 Å². The van der Waals surface area contributed by atoms with Crippen molar-refractivity contribution in [3.8, 4) is 0 Å². The van der Waals surface area contributed by atoms with Gasteiger partial charge in [0.1, 0.15) is 22.8 Å². The van der Waals surface area contributed by atoms with E-state index < -0.39 is 11.9 Å². The monoisotopic (exact) mass is 242 g/mol. The molecular weight excluding hydrogens is 228 g/mol. The number of nitrogens with one attached hydrogen (secondary N) is 1. The topological polar surface area (TPSA) is 80.9 Å². The van der Waals surface area contributed by atoms with E-state index in [4.69, 9.17) is 17.3 Å². The summed E-state index contributed by atoms with van der Waals surface area (Å²) >= 11 is 5.95. The first-order valence-corrected chi connectivity index (χ1v) is 5.42. The normalized spacial score (nSPS) is 12.2.